The molecule has 0 spiro atoms. The van der Waals surface area contributed by atoms with E-state index in [2.05, 4.69) is 67.8 Å². The van der Waals surface area contributed by atoms with Gasteiger partial charge in [-0.2, -0.15) is 0 Å². The molecule has 0 aromatic heterocycles. The van der Waals surface area contributed by atoms with Crippen LogP contribution < -0.4 is 5.32 Å². The Kier molecular flexibility index (Phi) is 28.5. The highest BCUT2D eigenvalue weighted by atomic mass is 16.7. The van der Waals surface area contributed by atoms with Crippen LogP contribution >= 0.6 is 0 Å². The third-order valence-corrected chi connectivity index (χ3v) is 8.95. The van der Waals surface area contributed by atoms with Crippen molar-refractivity contribution < 1.29 is 39.8 Å². The van der Waals surface area contributed by atoms with E-state index in [0.717, 1.165) is 77.0 Å². The largest absolute Gasteiger partial charge is 0.394 e. The lowest BCUT2D eigenvalue weighted by Gasteiger charge is -2.40. The van der Waals surface area contributed by atoms with Crippen LogP contribution in [0.15, 0.2) is 48.6 Å². The summed E-state index contributed by atoms with van der Waals surface area (Å²) in [5, 5.41) is 53.8. The van der Waals surface area contributed by atoms with Crippen LogP contribution in [0.3, 0.4) is 0 Å². The second-order valence-electron chi connectivity index (χ2n) is 13.3. The molecule has 49 heavy (non-hydrogen) atoms. The van der Waals surface area contributed by atoms with Gasteiger partial charge in [-0.1, -0.05) is 133 Å². The van der Waals surface area contributed by atoms with Gasteiger partial charge in [0.25, 0.3) is 0 Å². The minimum Gasteiger partial charge on any atom is -0.394 e. The van der Waals surface area contributed by atoms with Gasteiger partial charge in [0, 0.05) is 6.42 Å². The molecule has 1 aliphatic rings. The molecule has 9 heteroatoms. The average molecular weight is 694 g/mol. The Morgan fingerprint density at radius 1 is 0.714 bits per heavy atom. The maximum atomic E-state index is 12.8. The molecule has 6 N–H and O–H groups in total. The van der Waals surface area contributed by atoms with Gasteiger partial charge in [0.05, 0.1) is 25.4 Å². The highest BCUT2D eigenvalue weighted by Gasteiger charge is 2.44. The van der Waals surface area contributed by atoms with Crippen molar-refractivity contribution in [1.29, 1.82) is 0 Å². The summed E-state index contributed by atoms with van der Waals surface area (Å²) >= 11 is 0. The summed E-state index contributed by atoms with van der Waals surface area (Å²) in [5.41, 5.74) is 0. The Morgan fingerprint density at radius 2 is 1.27 bits per heavy atom. The number of hydrogen-bond donors (Lipinski definition) is 6. The first-order valence-corrected chi connectivity index (χ1v) is 19.3. The zero-order valence-corrected chi connectivity index (χ0v) is 30.7. The van der Waals surface area contributed by atoms with Gasteiger partial charge in [0.1, 0.15) is 24.4 Å². The van der Waals surface area contributed by atoms with Gasteiger partial charge >= 0.3 is 0 Å². The van der Waals surface area contributed by atoms with E-state index in [-0.39, 0.29) is 12.5 Å². The zero-order valence-electron chi connectivity index (χ0n) is 30.7. The van der Waals surface area contributed by atoms with Crippen LogP contribution in [0.4, 0.5) is 0 Å². The number of amides is 1. The minimum absolute atomic E-state index is 0.147. The van der Waals surface area contributed by atoms with Crippen LogP contribution in [0.1, 0.15) is 142 Å². The van der Waals surface area contributed by atoms with E-state index >= 15 is 0 Å². The van der Waals surface area contributed by atoms with Gasteiger partial charge in [-0.25, -0.2) is 0 Å². The Morgan fingerprint density at radius 3 is 1.88 bits per heavy atom. The smallest absolute Gasteiger partial charge is 0.220 e. The van der Waals surface area contributed by atoms with Crippen molar-refractivity contribution in [3.63, 3.8) is 0 Å². The van der Waals surface area contributed by atoms with Crippen molar-refractivity contribution in [2.24, 2.45) is 0 Å². The van der Waals surface area contributed by atoms with Crippen molar-refractivity contribution in [2.45, 2.75) is 185 Å². The predicted molar refractivity (Wildman–Crippen MR) is 198 cm³/mol. The van der Waals surface area contributed by atoms with E-state index in [4.69, 9.17) is 9.47 Å². The lowest BCUT2D eigenvalue weighted by atomic mass is 9.99. The Labute approximate surface area is 297 Å². The number of carbonyl (C=O) groups excluding carboxylic acids is 1. The number of unbranched alkanes of at least 4 members (excludes halogenated alkanes) is 12. The molecular weight excluding hydrogens is 622 g/mol. The molecule has 1 amide bonds. The molecule has 1 aliphatic heterocycles. The van der Waals surface area contributed by atoms with Crippen LogP contribution in [0, 0.1) is 0 Å². The molecule has 0 aliphatic carbocycles. The van der Waals surface area contributed by atoms with E-state index in [9.17, 15) is 30.3 Å². The molecule has 1 fully saturated rings. The highest BCUT2D eigenvalue weighted by molar-refractivity contribution is 5.76. The number of hydrogen-bond acceptors (Lipinski definition) is 8. The molecule has 0 radical (unpaired) electrons. The monoisotopic (exact) mass is 694 g/mol. The summed E-state index contributed by atoms with van der Waals surface area (Å²) in [5.74, 6) is -0.166. The van der Waals surface area contributed by atoms with Gasteiger partial charge < -0.3 is 40.3 Å². The maximum absolute atomic E-state index is 12.8. The van der Waals surface area contributed by atoms with Gasteiger partial charge in [0.15, 0.2) is 6.29 Å². The average Bonchev–Trinajstić information content (AvgIpc) is 3.10. The quantitative estimate of drug-likeness (QED) is 0.0359. The molecule has 7 atom stereocenters. The van der Waals surface area contributed by atoms with E-state index < -0.39 is 49.5 Å². The number of aliphatic hydroxyl groups is 5. The van der Waals surface area contributed by atoms with Crippen LogP contribution in [-0.2, 0) is 14.3 Å². The first-order chi connectivity index (χ1) is 23.8. The number of ether oxygens (including phenoxy) is 2. The zero-order chi connectivity index (χ0) is 36.0. The molecule has 284 valence electrons. The lowest BCUT2D eigenvalue weighted by Crippen LogP contribution is -2.60. The van der Waals surface area contributed by atoms with Crippen molar-refractivity contribution in [2.75, 3.05) is 13.2 Å². The molecule has 1 heterocycles. The van der Waals surface area contributed by atoms with E-state index in [1.807, 2.05) is 0 Å². The fraction of sp³-hybridized carbons (Fsp3) is 0.775. The third-order valence-electron chi connectivity index (χ3n) is 8.95. The molecule has 0 aromatic carbocycles. The maximum Gasteiger partial charge on any atom is 0.220 e. The second kappa shape index (κ2) is 30.9. The summed E-state index contributed by atoms with van der Waals surface area (Å²) in [6.45, 7) is 3.63. The number of carbonyl (C=O) groups is 1. The minimum atomic E-state index is -1.55. The van der Waals surface area contributed by atoms with Crippen LogP contribution in [-0.4, -0.2) is 87.5 Å². The highest BCUT2D eigenvalue weighted by Crippen LogP contribution is 2.23. The SMILES string of the molecule is CC/C=C\C/C=C\C/C=C\C/C=C\CCCCCCCCC(=O)NC(COC1OC(CO)C(O)C(O)C1O)C(O)CCCCCCCCC. The molecule has 0 bridgehead atoms. The molecule has 1 rings (SSSR count). The van der Waals surface area contributed by atoms with Crippen molar-refractivity contribution in [3.8, 4) is 0 Å². The second-order valence-corrected chi connectivity index (χ2v) is 13.3. The first-order valence-electron chi connectivity index (χ1n) is 19.3. The summed E-state index contributed by atoms with van der Waals surface area (Å²) in [7, 11) is 0. The summed E-state index contributed by atoms with van der Waals surface area (Å²) in [4.78, 5) is 12.8. The van der Waals surface area contributed by atoms with Crippen molar-refractivity contribution in [1.82, 2.24) is 5.32 Å². The number of rotatable bonds is 30. The Balaban J connectivity index is 2.34. The van der Waals surface area contributed by atoms with Gasteiger partial charge in [0.2, 0.25) is 5.91 Å². The molecule has 0 aromatic rings. The van der Waals surface area contributed by atoms with Crippen molar-refractivity contribution in [3.05, 3.63) is 48.6 Å². The van der Waals surface area contributed by atoms with Gasteiger partial charge in [-0.3, -0.25) is 4.79 Å². The van der Waals surface area contributed by atoms with Crippen molar-refractivity contribution >= 4 is 5.91 Å². The third kappa shape index (κ3) is 22.6. The molecule has 7 unspecified atom stereocenters. The van der Waals surface area contributed by atoms with E-state index in [1.54, 1.807) is 0 Å². The summed E-state index contributed by atoms with van der Waals surface area (Å²) in [6, 6.07) is -0.724. The Bertz CT molecular complexity index is 905. The topological polar surface area (TPSA) is 149 Å². The first kappa shape index (κ1) is 45.2. The fourth-order valence-corrected chi connectivity index (χ4v) is 5.80. The van der Waals surface area contributed by atoms with Gasteiger partial charge in [-0.15, -0.1) is 0 Å². The van der Waals surface area contributed by atoms with Crippen LogP contribution in [0.25, 0.3) is 0 Å². The molecular formula is C40H71NO8. The van der Waals surface area contributed by atoms with Gasteiger partial charge in [-0.05, 0) is 51.4 Å². The normalized spacial score (nSPS) is 23.0. The number of allylic oxidation sites excluding steroid dienone is 8. The standard InChI is InChI=1S/C40H71NO8/c1-3-5-7-9-11-12-13-14-15-16-17-18-19-20-21-22-24-26-28-30-36(44)41-33(34(43)29-27-25-23-10-8-6-4-2)32-48-40-39(47)38(46)37(45)35(31-42)49-40/h5,7,11-12,14-15,17-18,33-35,37-40,42-43,45-47H,3-4,6,8-10,13,16,19-32H2,1-2H3,(H,41,44)/b7-5-,12-11-,15-14-,18-17-. The number of nitrogens with one attached hydrogen (secondary N) is 1. The lowest BCUT2D eigenvalue weighted by molar-refractivity contribution is -0.302. The van der Waals surface area contributed by atoms with E-state index in [1.165, 1.54) is 38.5 Å². The predicted octanol–water partition coefficient (Wildman–Crippen LogP) is 6.72. The summed E-state index contributed by atoms with van der Waals surface area (Å²) < 4.78 is 11.2. The summed E-state index contributed by atoms with van der Waals surface area (Å²) in [6.07, 6.45) is 29.9. The molecule has 1 saturated heterocycles. The van der Waals surface area contributed by atoms with Crippen LogP contribution in [0.2, 0.25) is 0 Å². The fourth-order valence-electron chi connectivity index (χ4n) is 5.80. The Hall–Kier alpha value is -1.85. The molecule has 9 nitrogen and oxygen atoms in total. The number of aliphatic hydroxyl groups excluding tert-OH is 5. The van der Waals surface area contributed by atoms with Crippen LogP contribution in [0.5, 0.6) is 0 Å². The van der Waals surface area contributed by atoms with E-state index in [0.29, 0.717) is 12.8 Å². The molecule has 0 saturated carbocycles.